The minimum atomic E-state index is -0.477. The van der Waals surface area contributed by atoms with Crippen molar-refractivity contribution in [1.82, 2.24) is 0 Å². The summed E-state index contributed by atoms with van der Waals surface area (Å²) in [6.07, 6.45) is 0. The van der Waals surface area contributed by atoms with Gasteiger partial charge in [-0.1, -0.05) is 0 Å². The second-order valence-corrected chi connectivity index (χ2v) is 18.1. The SMILES string of the molecule is [Ge][c]1ccccc1-c1cccc(-c2cccc3c(-c4cc5ccccc5c5ccccc45)c4cccc(-c5cccc6[c]5[Ge][c]5ccccc5-6)c4cc23)c1. The van der Waals surface area contributed by atoms with Crippen molar-refractivity contribution in [3.8, 4) is 55.6 Å². The van der Waals surface area contributed by atoms with Crippen LogP contribution < -0.4 is 13.2 Å². The van der Waals surface area contributed by atoms with Crippen LogP contribution in [-0.4, -0.2) is 31.9 Å². The maximum atomic E-state index is 2.50. The third-order valence-corrected chi connectivity index (χ3v) is 15.4. The third kappa shape index (κ3) is 4.97. The van der Waals surface area contributed by atoms with Gasteiger partial charge in [-0.3, -0.25) is 0 Å². The number of benzene rings is 10. The van der Waals surface area contributed by atoms with Crippen LogP contribution in [-0.2, 0) is 0 Å². The summed E-state index contributed by atoms with van der Waals surface area (Å²) in [5.74, 6) is 0. The Morgan fingerprint density at radius 1 is 0.315 bits per heavy atom. The second kappa shape index (κ2) is 12.7. The van der Waals surface area contributed by atoms with Gasteiger partial charge < -0.3 is 0 Å². The molecule has 0 saturated carbocycles. The zero-order valence-electron chi connectivity index (χ0n) is 29.4. The van der Waals surface area contributed by atoms with Crippen molar-refractivity contribution in [2.24, 2.45) is 0 Å². The molecule has 1 aliphatic rings. The summed E-state index contributed by atoms with van der Waals surface area (Å²) in [6.45, 7) is 0. The molecule has 0 fully saturated rings. The zero-order chi connectivity index (χ0) is 35.8. The van der Waals surface area contributed by atoms with Gasteiger partial charge in [-0.05, 0) is 0 Å². The van der Waals surface area contributed by atoms with Crippen LogP contribution in [0.4, 0.5) is 0 Å². The van der Waals surface area contributed by atoms with Crippen LogP contribution in [0.15, 0.2) is 188 Å². The molecule has 247 valence electrons. The van der Waals surface area contributed by atoms with Gasteiger partial charge in [0.1, 0.15) is 0 Å². The average molecular weight is 801 g/mol. The van der Waals surface area contributed by atoms with Crippen LogP contribution in [0, 0.1) is 0 Å². The van der Waals surface area contributed by atoms with Crippen molar-refractivity contribution in [1.29, 1.82) is 0 Å². The molecule has 54 heavy (non-hydrogen) atoms. The van der Waals surface area contributed by atoms with Crippen molar-refractivity contribution in [3.63, 3.8) is 0 Å². The summed E-state index contributed by atoms with van der Waals surface area (Å²) in [5, 5.41) is 10.3. The Morgan fingerprint density at radius 2 is 0.852 bits per heavy atom. The van der Waals surface area contributed by atoms with E-state index in [0.717, 1.165) is 0 Å². The van der Waals surface area contributed by atoms with Gasteiger partial charge in [-0.2, -0.15) is 0 Å². The topological polar surface area (TPSA) is 0 Å². The van der Waals surface area contributed by atoms with E-state index >= 15 is 0 Å². The van der Waals surface area contributed by atoms with E-state index in [1.165, 1.54) is 108 Å². The third-order valence-electron chi connectivity index (χ3n) is 11.3. The average Bonchev–Trinajstić information content (AvgIpc) is 3.62. The first-order valence-electron chi connectivity index (χ1n) is 18.5. The van der Waals surface area contributed by atoms with Crippen LogP contribution in [0.2, 0.25) is 0 Å². The number of rotatable bonds is 4. The summed E-state index contributed by atoms with van der Waals surface area (Å²) in [5.41, 5.74) is 13.1. The fourth-order valence-electron chi connectivity index (χ4n) is 8.89. The molecule has 0 aromatic heterocycles. The Bertz CT molecular complexity index is 3150. The van der Waals surface area contributed by atoms with Gasteiger partial charge in [0.05, 0.1) is 0 Å². The first kappa shape index (κ1) is 31.8. The molecule has 0 atom stereocenters. The molecule has 5 radical (unpaired) electrons. The van der Waals surface area contributed by atoms with E-state index in [1.807, 2.05) is 0 Å². The minimum absolute atomic E-state index is 0.477. The fourth-order valence-corrected chi connectivity index (χ4v) is 12.7. The molecule has 0 spiro atoms. The normalized spacial score (nSPS) is 12.1. The molecular formula is C52H31Ge2. The van der Waals surface area contributed by atoms with Gasteiger partial charge in [0.25, 0.3) is 0 Å². The molecular weight excluding hydrogens is 770 g/mol. The molecule has 0 bridgehead atoms. The van der Waals surface area contributed by atoms with E-state index in [2.05, 4.69) is 205 Å². The molecule has 0 amide bonds. The molecule has 0 unspecified atom stereocenters. The molecule has 10 aromatic rings. The Morgan fingerprint density at radius 3 is 1.67 bits per heavy atom. The van der Waals surface area contributed by atoms with Crippen molar-refractivity contribution < 1.29 is 0 Å². The van der Waals surface area contributed by atoms with E-state index in [4.69, 9.17) is 0 Å². The number of hydrogen-bond acceptors (Lipinski definition) is 0. The van der Waals surface area contributed by atoms with Crippen LogP contribution in [0.1, 0.15) is 0 Å². The molecule has 0 N–H and O–H groups in total. The van der Waals surface area contributed by atoms with Gasteiger partial charge in [0.15, 0.2) is 0 Å². The first-order valence-corrected chi connectivity index (χ1v) is 21.7. The number of fused-ring (bicyclic) bond motifs is 8. The van der Waals surface area contributed by atoms with Crippen LogP contribution in [0.3, 0.4) is 0 Å². The fraction of sp³-hybridized carbons (Fsp3) is 0. The molecule has 11 rings (SSSR count). The van der Waals surface area contributed by atoms with Gasteiger partial charge in [-0.15, -0.1) is 0 Å². The van der Waals surface area contributed by atoms with E-state index in [0.29, 0.717) is 0 Å². The molecule has 10 aromatic carbocycles. The van der Waals surface area contributed by atoms with Crippen molar-refractivity contribution in [3.05, 3.63) is 188 Å². The molecule has 1 aliphatic heterocycles. The summed E-state index contributed by atoms with van der Waals surface area (Å²) in [6, 6.07) is 70.5. The monoisotopic (exact) mass is 803 g/mol. The Balaban J connectivity index is 1.26. The Hall–Kier alpha value is -5.67. The molecule has 2 heteroatoms. The maximum absolute atomic E-state index is 2.50. The predicted octanol–water partition coefficient (Wildman–Crippen LogP) is 11.4. The first-order chi connectivity index (χ1) is 26.7. The van der Waals surface area contributed by atoms with E-state index in [-0.39, 0.29) is 0 Å². The van der Waals surface area contributed by atoms with Gasteiger partial charge in [0, 0.05) is 0 Å². The zero-order valence-corrected chi connectivity index (χ0v) is 33.6. The van der Waals surface area contributed by atoms with E-state index < -0.39 is 15.4 Å². The van der Waals surface area contributed by atoms with Crippen LogP contribution in [0.5, 0.6) is 0 Å². The second-order valence-electron chi connectivity index (χ2n) is 14.3. The van der Waals surface area contributed by atoms with Crippen molar-refractivity contribution >= 4 is 88.2 Å². The standard InChI is InChI=1S/C52H31Ge2/c53-49-27-7-5-17-37(49)33-15-9-14-32(29-33)36-21-10-23-42-46(36)31-47-40(44-25-12-26-45-41-20-6-8-28-50(41)54-52(44)45)22-11-24-43(47)51(42)48-30-34-13-1-2-16-35(34)38-18-3-4-19-39(38)48/h1-31H. The van der Waals surface area contributed by atoms with Crippen molar-refractivity contribution in [2.45, 2.75) is 0 Å². The molecule has 1 heterocycles. The van der Waals surface area contributed by atoms with E-state index in [1.54, 1.807) is 4.40 Å². The Kier molecular flexibility index (Phi) is 7.50. The quantitative estimate of drug-likeness (QED) is 0.0945. The van der Waals surface area contributed by atoms with Crippen molar-refractivity contribution in [2.75, 3.05) is 0 Å². The Labute approximate surface area is 329 Å². The molecule has 0 nitrogen and oxygen atoms in total. The van der Waals surface area contributed by atoms with Gasteiger partial charge in [0.2, 0.25) is 0 Å². The summed E-state index contributed by atoms with van der Waals surface area (Å²) in [4.78, 5) is 0. The molecule has 0 saturated heterocycles. The van der Waals surface area contributed by atoms with Crippen LogP contribution in [0.25, 0.3) is 98.7 Å². The van der Waals surface area contributed by atoms with Gasteiger partial charge >= 0.3 is 332 Å². The number of hydrogen-bond donors (Lipinski definition) is 0. The van der Waals surface area contributed by atoms with E-state index in [9.17, 15) is 0 Å². The summed E-state index contributed by atoms with van der Waals surface area (Å²) in [7, 11) is 0. The predicted molar refractivity (Wildman–Crippen MR) is 234 cm³/mol. The summed E-state index contributed by atoms with van der Waals surface area (Å²) < 4.78 is 4.36. The van der Waals surface area contributed by atoms with Crippen LogP contribution >= 0.6 is 0 Å². The van der Waals surface area contributed by atoms with Gasteiger partial charge in [-0.25, -0.2) is 0 Å². The molecule has 0 aliphatic carbocycles. The summed E-state index contributed by atoms with van der Waals surface area (Å²) >= 11 is 1.73.